The number of carbonyl (C=O) groups is 3. The Bertz CT molecular complexity index is 1460. The number of esters is 2. The fourth-order valence-corrected chi connectivity index (χ4v) is 4.70. The van der Waals surface area contributed by atoms with Crippen molar-refractivity contribution in [2.45, 2.75) is 12.3 Å². The molecule has 5 rings (SSSR count). The predicted octanol–water partition coefficient (Wildman–Crippen LogP) is 4.56. The number of ketones is 1. The molecule has 0 saturated heterocycles. The summed E-state index contributed by atoms with van der Waals surface area (Å²) >= 11 is 0. The van der Waals surface area contributed by atoms with Crippen LogP contribution in [0.5, 0.6) is 28.7 Å². The van der Waals surface area contributed by atoms with Crippen molar-refractivity contribution in [3.05, 3.63) is 82.1 Å². The summed E-state index contributed by atoms with van der Waals surface area (Å²) in [6.45, 7) is 0. The Balaban J connectivity index is 1.56. The second kappa shape index (κ2) is 9.93. The number of allylic oxidation sites excluding steroid dienone is 1. The largest absolute Gasteiger partial charge is 0.493 e. The molecule has 0 aliphatic carbocycles. The van der Waals surface area contributed by atoms with Crippen LogP contribution < -0.4 is 23.7 Å². The molecule has 0 unspecified atom stereocenters. The number of methoxy groups -OCH3 is 4. The summed E-state index contributed by atoms with van der Waals surface area (Å²) in [6, 6.07) is 13.4. The lowest BCUT2D eigenvalue weighted by Crippen LogP contribution is -2.21. The summed E-state index contributed by atoms with van der Waals surface area (Å²) in [5.74, 6) is 0.422. The molecule has 9 nitrogen and oxygen atoms in total. The molecular formula is C29H24O9. The normalized spacial score (nSPS) is 16.7. The highest BCUT2D eigenvalue weighted by Crippen LogP contribution is 2.49. The van der Waals surface area contributed by atoms with E-state index in [1.165, 1.54) is 28.4 Å². The maximum absolute atomic E-state index is 13.3. The van der Waals surface area contributed by atoms with E-state index in [0.717, 1.165) is 5.56 Å². The zero-order valence-electron chi connectivity index (χ0n) is 21.2. The molecule has 0 saturated carbocycles. The summed E-state index contributed by atoms with van der Waals surface area (Å²) in [5.41, 5.74) is 2.70. The van der Waals surface area contributed by atoms with Crippen LogP contribution >= 0.6 is 0 Å². The van der Waals surface area contributed by atoms with Crippen LogP contribution in [0, 0.1) is 0 Å². The van der Waals surface area contributed by atoms with Crippen LogP contribution in [0.3, 0.4) is 0 Å². The van der Waals surface area contributed by atoms with E-state index < -0.39 is 17.9 Å². The van der Waals surface area contributed by atoms with Crippen molar-refractivity contribution >= 4 is 23.8 Å². The second-order valence-electron chi connectivity index (χ2n) is 8.60. The van der Waals surface area contributed by atoms with Gasteiger partial charge in [0.1, 0.15) is 11.5 Å². The van der Waals surface area contributed by atoms with Gasteiger partial charge in [-0.1, -0.05) is 12.1 Å². The summed E-state index contributed by atoms with van der Waals surface area (Å²) in [6.07, 6.45) is 1.64. The van der Waals surface area contributed by atoms with Gasteiger partial charge in [0.15, 0.2) is 17.3 Å². The number of rotatable bonds is 6. The Morgan fingerprint density at radius 2 is 1.58 bits per heavy atom. The van der Waals surface area contributed by atoms with Crippen LogP contribution in [0.4, 0.5) is 0 Å². The molecular weight excluding hydrogens is 492 g/mol. The summed E-state index contributed by atoms with van der Waals surface area (Å²) < 4.78 is 32.6. The van der Waals surface area contributed by atoms with Gasteiger partial charge in [0.2, 0.25) is 11.5 Å². The molecule has 9 heteroatoms. The molecule has 3 aromatic rings. The van der Waals surface area contributed by atoms with Gasteiger partial charge in [0.25, 0.3) is 0 Å². The molecule has 38 heavy (non-hydrogen) atoms. The molecule has 0 fully saturated rings. The first-order valence-corrected chi connectivity index (χ1v) is 11.7. The van der Waals surface area contributed by atoms with E-state index in [1.54, 1.807) is 54.6 Å². The van der Waals surface area contributed by atoms with E-state index >= 15 is 0 Å². The third kappa shape index (κ3) is 4.21. The van der Waals surface area contributed by atoms with E-state index in [2.05, 4.69) is 0 Å². The third-order valence-corrected chi connectivity index (χ3v) is 6.50. The lowest BCUT2D eigenvalue weighted by atomic mass is 9.84. The highest BCUT2D eigenvalue weighted by Gasteiger charge is 2.38. The first-order valence-electron chi connectivity index (χ1n) is 11.7. The molecule has 0 N–H and O–H groups in total. The van der Waals surface area contributed by atoms with Crippen LogP contribution in [-0.2, 0) is 9.53 Å². The van der Waals surface area contributed by atoms with Crippen LogP contribution in [-0.4, -0.2) is 46.2 Å². The molecule has 2 heterocycles. The molecule has 1 atom stereocenters. The van der Waals surface area contributed by atoms with Crippen molar-refractivity contribution in [2.24, 2.45) is 0 Å². The Kier molecular flexibility index (Phi) is 6.50. The predicted molar refractivity (Wildman–Crippen MR) is 135 cm³/mol. The van der Waals surface area contributed by atoms with Gasteiger partial charge in [-0.25, -0.2) is 4.79 Å². The maximum atomic E-state index is 13.3. The van der Waals surface area contributed by atoms with Gasteiger partial charge in [-0.3, -0.25) is 9.59 Å². The Labute approximate surface area is 218 Å². The van der Waals surface area contributed by atoms with Gasteiger partial charge in [-0.15, -0.1) is 0 Å². The van der Waals surface area contributed by atoms with Crippen molar-refractivity contribution in [1.29, 1.82) is 0 Å². The van der Waals surface area contributed by atoms with Gasteiger partial charge >= 0.3 is 11.9 Å². The van der Waals surface area contributed by atoms with Crippen LogP contribution in [0.25, 0.3) is 6.08 Å². The minimum Gasteiger partial charge on any atom is -0.493 e. The minimum atomic E-state index is -0.462. The van der Waals surface area contributed by atoms with Gasteiger partial charge < -0.3 is 28.4 Å². The lowest BCUT2D eigenvalue weighted by molar-refractivity contribution is -0.135. The quantitative estimate of drug-likeness (QED) is 0.265. The topological polar surface area (TPSA) is 107 Å². The average molecular weight is 517 g/mol. The van der Waals surface area contributed by atoms with Crippen molar-refractivity contribution in [3.8, 4) is 28.7 Å². The SMILES string of the molecule is COC(=O)c1ccc([C@H]2CC(=O)Oc3ccc4c(c32)O/C(=C\c2cc(OC)c(OC)c(OC)c2)C4=O)cc1. The molecule has 2 aliphatic heterocycles. The molecule has 194 valence electrons. The summed E-state index contributed by atoms with van der Waals surface area (Å²) in [5, 5.41) is 0. The number of fused-ring (bicyclic) bond motifs is 3. The van der Waals surface area contributed by atoms with E-state index in [9.17, 15) is 14.4 Å². The molecule has 0 bridgehead atoms. The average Bonchev–Trinajstić information content (AvgIpc) is 3.26. The highest BCUT2D eigenvalue weighted by atomic mass is 16.5. The Morgan fingerprint density at radius 3 is 2.18 bits per heavy atom. The van der Waals surface area contributed by atoms with Crippen LogP contribution in [0.2, 0.25) is 0 Å². The maximum Gasteiger partial charge on any atom is 0.337 e. The first kappa shape index (κ1) is 24.9. The van der Waals surface area contributed by atoms with Crippen LogP contribution in [0.1, 0.15) is 49.7 Å². The molecule has 3 aromatic carbocycles. The van der Waals surface area contributed by atoms with Crippen molar-refractivity contribution in [2.75, 3.05) is 28.4 Å². The number of Topliss-reactive ketones (excluding diaryl/α,β-unsaturated/α-hetero) is 1. The number of benzene rings is 3. The smallest absolute Gasteiger partial charge is 0.337 e. The second-order valence-corrected chi connectivity index (χ2v) is 8.60. The zero-order chi connectivity index (χ0) is 27.0. The van der Waals surface area contributed by atoms with Gasteiger partial charge in [0.05, 0.1) is 46.0 Å². The summed E-state index contributed by atoms with van der Waals surface area (Å²) in [4.78, 5) is 37.6. The number of ether oxygens (including phenoxy) is 6. The van der Waals surface area contributed by atoms with Crippen molar-refractivity contribution < 1.29 is 42.8 Å². The molecule has 0 amide bonds. The first-order chi connectivity index (χ1) is 18.4. The van der Waals surface area contributed by atoms with E-state index in [4.69, 9.17) is 28.4 Å². The van der Waals surface area contributed by atoms with E-state index in [1.807, 2.05) is 0 Å². The fourth-order valence-electron chi connectivity index (χ4n) is 4.70. The third-order valence-electron chi connectivity index (χ3n) is 6.50. The zero-order valence-corrected chi connectivity index (χ0v) is 21.2. The van der Waals surface area contributed by atoms with Crippen molar-refractivity contribution in [1.82, 2.24) is 0 Å². The molecule has 0 aromatic heterocycles. The highest BCUT2D eigenvalue weighted by molar-refractivity contribution is 6.15. The number of hydrogen-bond donors (Lipinski definition) is 0. The van der Waals surface area contributed by atoms with E-state index in [-0.39, 0.29) is 18.0 Å². The Morgan fingerprint density at radius 1 is 0.895 bits per heavy atom. The van der Waals surface area contributed by atoms with Gasteiger partial charge in [0, 0.05) is 11.5 Å². The monoisotopic (exact) mass is 516 g/mol. The molecule has 0 radical (unpaired) electrons. The number of hydrogen-bond acceptors (Lipinski definition) is 9. The van der Waals surface area contributed by atoms with E-state index in [0.29, 0.717) is 51.0 Å². The molecule has 2 aliphatic rings. The Hall–Kier alpha value is -4.79. The number of carbonyl (C=O) groups excluding carboxylic acids is 3. The van der Waals surface area contributed by atoms with Gasteiger partial charge in [-0.2, -0.15) is 0 Å². The lowest BCUT2D eigenvalue weighted by Gasteiger charge is -2.26. The summed E-state index contributed by atoms with van der Waals surface area (Å²) in [7, 11) is 5.83. The van der Waals surface area contributed by atoms with Crippen LogP contribution in [0.15, 0.2) is 54.3 Å². The van der Waals surface area contributed by atoms with Gasteiger partial charge in [-0.05, 0) is 53.6 Å². The standard InChI is InChI=1S/C29H24O9/c1-33-22-12-15(13-23(34-2)28(22)35-3)11-21-26(31)18-9-10-20-25(27(18)38-21)19(14-24(30)37-20)16-5-7-17(8-6-16)29(32)36-4/h5-13,19H,14H2,1-4H3/b21-11-/t19-/m1/s1. The van der Waals surface area contributed by atoms with Crippen molar-refractivity contribution in [3.63, 3.8) is 0 Å². The fraction of sp³-hybridized carbons (Fsp3) is 0.207. The molecule has 0 spiro atoms. The minimum absolute atomic E-state index is 0.0461.